The van der Waals surface area contributed by atoms with Crippen molar-refractivity contribution in [1.29, 1.82) is 0 Å². The van der Waals surface area contributed by atoms with Crippen molar-refractivity contribution in [1.82, 2.24) is 26.3 Å². The minimum Gasteiger partial charge on any atom is -0.339 e. The second-order valence-electron chi connectivity index (χ2n) is 6.96. The number of hydrogen-bond acceptors (Lipinski definition) is 5. The van der Waals surface area contributed by atoms with Crippen molar-refractivity contribution in [3.05, 3.63) is 58.4 Å². The van der Waals surface area contributed by atoms with Crippen LogP contribution in [0.4, 0.5) is 26.7 Å². The predicted octanol–water partition coefficient (Wildman–Crippen LogP) is 4.60. The van der Waals surface area contributed by atoms with Gasteiger partial charge >= 0.3 is 18.1 Å². The number of hydrazine groups is 1. The third kappa shape index (κ3) is 5.60. The van der Waals surface area contributed by atoms with Gasteiger partial charge in [-0.25, -0.2) is 19.0 Å². The van der Waals surface area contributed by atoms with Crippen LogP contribution in [0.2, 0.25) is 5.02 Å². The Kier molecular flexibility index (Phi) is 7.05. The van der Waals surface area contributed by atoms with Gasteiger partial charge in [0.15, 0.2) is 0 Å². The molecule has 8 nitrogen and oxygen atoms in total. The number of urea groups is 1. The normalized spacial score (nSPS) is 12.2. The molecule has 1 heterocycles. The maximum Gasteiger partial charge on any atom is 0.472 e. The lowest BCUT2D eigenvalue weighted by atomic mass is 9.96. The molecule has 0 bridgehead atoms. The molecule has 0 aliphatic heterocycles. The molecule has 1 aromatic heterocycles. The van der Waals surface area contributed by atoms with Gasteiger partial charge in [-0.1, -0.05) is 28.9 Å². The fraction of sp³-hybridized carbons (Fsp3) is 0.200. The summed E-state index contributed by atoms with van der Waals surface area (Å²) in [6.45, 7) is 2.87. The van der Waals surface area contributed by atoms with Crippen molar-refractivity contribution in [3.8, 4) is 22.5 Å². The molecule has 14 heteroatoms. The zero-order valence-corrected chi connectivity index (χ0v) is 18.1. The predicted molar refractivity (Wildman–Crippen MR) is 109 cm³/mol. The molecule has 3 amide bonds. The molecule has 3 rings (SSSR count). The Morgan fingerprint density at radius 1 is 1.09 bits per heavy atom. The molecule has 1 unspecified atom stereocenters. The van der Waals surface area contributed by atoms with Crippen LogP contribution in [0.5, 0.6) is 0 Å². The number of hydrogen-bond donors (Lipinski definition) is 3. The SMILES string of the molecule is Cc1nc(-c2c(F)cc(Cl)cc2-c2ccc(C(C)NC(=O)NNC(=O)C(F)(F)F)c(F)c2)no1. The second-order valence-corrected chi connectivity index (χ2v) is 7.39. The maximum atomic E-state index is 14.9. The first-order valence-electron chi connectivity index (χ1n) is 9.40. The molecule has 180 valence electrons. The molecular weight excluding hydrogens is 489 g/mol. The zero-order chi connectivity index (χ0) is 25.2. The summed E-state index contributed by atoms with van der Waals surface area (Å²) >= 11 is 5.97. The summed E-state index contributed by atoms with van der Waals surface area (Å²) in [7, 11) is 0. The zero-order valence-electron chi connectivity index (χ0n) is 17.4. The van der Waals surface area contributed by atoms with Gasteiger partial charge in [0, 0.05) is 17.5 Å². The van der Waals surface area contributed by atoms with E-state index in [9.17, 15) is 31.5 Å². The average molecular weight is 504 g/mol. The molecule has 0 aliphatic carbocycles. The summed E-state index contributed by atoms with van der Waals surface area (Å²) in [4.78, 5) is 26.5. The second kappa shape index (κ2) is 9.63. The van der Waals surface area contributed by atoms with E-state index in [0.29, 0.717) is 0 Å². The van der Waals surface area contributed by atoms with Crippen LogP contribution in [-0.2, 0) is 4.79 Å². The van der Waals surface area contributed by atoms with Crippen LogP contribution < -0.4 is 16.2 Å². The number of carbonyl (C=O) groups is 2. The van der Waals surface area contributed by atoms with Gasteiger partial charge in [-0.3, -0.25) is 10.2 Å². The highest BCUT2D eigenvalue weighted by molar-refractivity contribution is 6.31. The Hall–Kier alpha value is -3.74. The van der Waals surface area contributed by atoms with Gasteiger partial charge in [-0.2, -0.15) is 18.2 Å². The number of rotatable bonds is 4. The van der Waals surface area contributed by atoms with Gasteiger partial charge < -0.3 is 9.84 Å². The minimum atomic E-state index is -5.19. The van der Waals surface area contributed by atoms with Crippen molar-refractivity contribution < 1.29 is 36.1 Å². The number of nitrogens with one attached hydrogen (secondary N) is 3. The molecule has 2 aromatic carbocycles. The fourth-order valence-electron chi connectivity index (χ4n) is 2.97. The summed E-state index contributed by atoms with van der Waals surface area (Å²) < 4.78 is 71.0. The maximum absolute atomic E-state index is 14.9. The van der Waals surface area contributed by atoms with Crippen LogP contribution in [-0.4, -0.2) is 28.3 Å². The standard InChI is InChI=1S/C20H15ClF5N5O3/c1-8(27-19(33)30-29-18(32)20(24,25)26)12-4-3-10(5-14(12)22)13-6-11(21)7-15(23)16(13)17-28-9(2)34-31-17/h3-8H,1-2H3,(H,29,32)(H2,27,30,33). The van der Waals surface area contributed by atoms with E-state index in [1.165, 1.54) is 42.9 Å². The van der Waals surface area contributed by atoms with E-state index >= 15 is 0 Å². The number of halogens is 6. The first kappa shape index (κ1) is 24.9. The van der Waals surface area contributed by atoms with E-state index in [1.54, 1.807) is 0 Å². The van der Waals surface area contributed by atoms with Gasteiger partial charge in [0.2, 0.25) is 11.7 Å². The average Bonchev–Trinajstić information content (AvgIpc) is 3.16. The molecular formula is C20H15ClF5N5O3. The smallest absolute Gasteiger partial charge is 0.339 e. The molecule has 34 heavy (non-hydrogen) atoms. The molecule has 1 atom stereocenters. The highest BCUT2D eigenvalue weighted by Gasteiger charge is 2.39. The Morgan fingerprint density at radius 3 is 2.38 bits per heavy atom. The third-order valence-corrected chi connectivity index (χ3v) is 4.70. The number of aryl methyl sites for hydroxylation is 1. The van der Waals surface area contributed by atoms with E-state index < -0.39 is 35.8 Å². The van der Waals surface area contributed by atoms with E-state index in [2.05, 4.69) is 15.5 Å². The lowest BCUT2D eigenvalue weighted by Gasteiger charge is -2.17. The molecule has 0 saturated carbocycles. The molecule has 0 fully saturated rings. The monoisotopic (exact) mass is 503 g/mol. The quantitative estimate of drug-likeness (QED) is 0.356. The van der Waals surface area contributed by atoms with Gasteiger partial charge in [0.25, 0.3) is 0 Å². The third-order valence-electron chi connectivity index (χ3n) is 4.48. The Balaban J connectivity index is 1.83. The Labute approximate surface area is 193 Å². The van der Waals surface area contributed by atoms with Crippen molar-refractivity contribution in [2.24, 2.45) is 0 Å². The summed E-state index contributed by atoms with van der Waals surface area (Å²) in [5, 5.41) is 5.90. The number of nitrogens with zero attached hydrogens (tertiary/aromatic N) is 2. The van der Waals surface area contributed by atoms with E-state index in [4.69, 9.17) is 16.1 Å². The Bertz CT molecular complexity index is 1250. The lowest BCUT2D eigenvalue weighted by Crippen LogP contribution is -2.51. The number of alkyl halides is 3. The van der Waals surface area contributed by atoms with Crippen LogP contribution in [0, 0.1) is 18.6 Å². The van der Waals surface area contributed by atoms with Crippen molar-refractivity contribution >= 4 is 23.5 Å². The van der Waals surface area contributed by atoms with Gasteiger partial charge in [0.1, 0.15) is 11.6 Å². The summed E-state index contributed by atoms with van der Waals surface area (Å²) in [6.07, 6.45) is -5.19. The van der Waals surface area contributed by atoms with E-state index in [1.807, 2.05) is 0 Å². The summed E-state index contributed by atoms with van der Waals surface area (Å²) in [5.74, 6) is -3.85. The molecule has 0 saturated heterocycles. The van der Waals surface area contributed by atoms with Gasteiger partial charge in [-0.05, 0) is 36.2 Å². The first-order chi connectivity index (χ1) is 15.9. The van der Waals surface area contributed by atoms with Crippen molar-refractivity contribution in [2.75, 3.05) is 0 Å². The highest BCUT2D eigenvalue weighted by Crippen LogP contribution is 2.36. The van der Waals surface area contributed by atoms with Gasteiger partial charge in [-0.15, -0.1) is 0 Å². The van der Waals surface area contributed by atoms with Crippen LogP contribution in [0.1, 0.15) is 24.4 Å². The fourth-order valence-corrected chi connectivity index (χ4v) is 3.17. The molecule has 0 spiro atoms. The highest BCUT2D eigenvalue weighted by atomic mass is 35.5. The minimum absolute atomic E-state index is 0.0357. The number of amides is 3. The van der Waals surface area contributed by atoms with Crippen molar-refractivity contribution in [2.45, 2.75) is 26.1 Å². The molecule has 0 radical (unpaired) electrons. The summed E-state index contributed by atoms with van der Waals surface area (Å²) in [6, 6.07) is 3.96. The van der Waals surface area contributed by atoms with E-state index in [0.717, 1.165) is 12.1 Å². The van der Waals surface area contributed by atoms with Crippen LogP contribution in [0.15, 0.2) is 34.9 Å². The largest absolute Gasteiger partial charge is 0.472 e. The van der Waals surface area contributed by atoms with E-state index in [-0.39, 0.29) is 39.0 Å². The summed E-state index contributed by atoms with van der Waals surface area (Å²) in [5.41, 5.74) is 2.95. The van der Waals surface area contributed by atoms with Crippen LogP contribution in [0.25, 0.3) is 22.5 Å². The van der Waals surface area contributed by atoms with Gasteiger partial charge in [0.05, 0.1) is 11.6 Å². The molecule has 3 aromatic rings. The van der Waals surface area contributed by atoms with Crippen molar-refractivity contribution in [3.63, 3.8) is 0 Å². The molecule has 3 N–H and O–H groups in total. The Morgan fingerprint density at radius 2 is 1.79 bits per heavy atom. The lowest BCUT2D eigenvalue weighted by molar-refractivity contribution is -0.174. The number of benzene rings is 2. The topological polar surface area (TPSA) is 109 Å². The van der Waals surface area contributed by atoms with Crippen LogP contribution >= 0.6 is 11.6 Å². The van der Waals surface area contributed by atoms with Crippen LogP contribution in [0.3, 0.4) is 0 Å². The number of aromatic nitrogens is 2. The number of carbonyl (C=O) groups excluding carboxylic acids is 2. The molecule has 0 aliphatic rings. The first-order valence-corrected chi connectivity index (χ1v) is 9.78.